The predicted octanol–water partition coefficient (Wildman–Crippen LogP) is 7.08. The van der Waals surface area contributed by atoms with Crippen molar-refractivity contribution in [3.05, 3.63) is 69.3 Å². The molecule has 8 nitrogen and oxygen atoms in total. The number of methoxy groups -OCH3 is 2. The summed E-state index contributed by atoms with van der Waals surface area (Å²) >= 11 is 0. The van der Waals surface area contributed by atoms with E-state index < -0.39 is 0 Å². The molecule has 238 valence electrons. The van der Waals surface area contributed by atoms with Crippen molar-refractivity contribution in [1.82, 2.24) is 19.9 Å². The number of aromatic nitrogens is 4. The second-order valence-corrected chi connectivity index (χ2v) is 11.4. The van der Waals surface area contributed by atoms with E-state index in [1.165, 1.54) is 25.4 Å². The summed E-state index contributed by atoms with van der Waals surface area (Å²) < 4.78 is 9.89. The van der Waals surface area contributed by atoms with Crippen LogP contribution < -0.4 is 9.97 Å². The summed E-state index contributed by atoms with van der Waals surface area (Å²) in [7, 11) is 2.80. The first kappa shape index (κ1) is 33.9. The van der Waals surface area contributed by atoms with Crippen LogP contribution in [0.5, 0.6) is 0 Å². The monoisotopic (exact) mass is 650 g/mol. The van der Waals surface area contributed by atoms with E-state index in [-0.39, 0.29) is 41.3 Å². The van der Waals surface area contributed by atoms with E-state index in [2.05, 4.69) is 39.8 Å². The predicted molar refractivity (Wildman–Crippen MR) is 175 cm³/mol. The molecule has 0 N–H and O–H groups in total. The molecule has 2 aliphatic rings. The molecule has 45 heavy (non-hydrogen) atoms. The van der Waals surface area contributed by atoms with Gasteiger partial charge < -0.3 is 19.4 Å². The summed E-state index contributed by atoms with van der Waals surface area (Å²) in [5.41, 5.74) is 15.3. The Morgan fingerprint density at radius 1 is 0.622 bits per heavy atom. The number of allylic oxidation sites excluding steroid dienone is 4. The topological polar surface area (TPSA) is 107 Å². The number of esters is 2. The van der Waals surface area contributed by atoms with Gasteiger partial charge in [0.05, 0.1) is 37.0 Å². The molecule has 2 aliphatic heterocycles. The van der Waals surface area contributed by atoms with E-state index in [1.807, 2.05) is 26.0 Å². The standard InChI is InChI=1S/C36H40N4O4.Ni/c1-9-23-19(3)27-15-28-21(5)25(11-13-35(41)43-7)33(39-28)18-34-26(12-14-36(42)44-8)22(6)30(40-34)17-32-24(10-2)20(4)29(38-32)16-31(23)37-27;/h15-18H,9-14H2,1-8H3;/q-2;+2. The molecule has 5 rings (SSSR count). The molecule has 0 aliphatic carbocycles. The number of carbonyl (C=O) groups excluding carboxylic acids is 2. The number of fused-ring (bicyclic) bond motifs is 8. The molecule has 3 aromatic rings. The molecule has 0 unspecified atom stereocenters. The van der Waals surface area contributed by atoms with Crippen LogP contribution in [-0.4, -0.2) is 36.1 Å². The van der Waals surface area contributed by atoms with Gasteiger partial charge in [-0.05, 0) is 81.7 Å². The smallest absolute Gasteiger partial charge is 0.657 e. The Morgan fingerprint density at radius 3 is 1.44 bits per heavy atom. The van der Waals surface area contributed by atoms with Gasteiger partial charge in [0.1, 0.15) is 0 Å². The fraction of sp³-hybridized carbons (Fsp3) is 0.389. The second kappa shape index (κ2) is 14.0. The first-order chi connectivity index (χ1) is 21.1. The summed E-state index contributed by atoms with van der Waals surface area (Å²) in [6, 6.07) is 8.19. The summed E-state index contributed by atoms with van der Waals surface area (Å²) in [4.78, 5) is 44.6. The third kappa shape index (κ3) is 6.55. The maximum Gasteiger partial charge on any atom is 2.00 e. The molecule has 0 atom stereocenters. The van der Waals surface area contributed by atoms with E-state index in [0.717, 1.165) is 91.1 Å². The zero-order chi connectivity index (χ0) is 31.7. The number of nitrogens with zero attached hydrogens (tertiary/aromatic N) is 4. The number of rotatable bonds is 8. The van der Waals surface area contributed by atoms with Gasteiger partial charge in [-0.15, -0.1) is 22.1 Å². The summed E-state index contributed by atoms with van der Waals surface area (Å²) in [5.74, 6) is -0.550. The van der Waals surface area contributed by atoms with Gasteiger partial charge in [-0.1, -0.05) is 54.3 Å². The zero-order valence-electron chi connectivity index (χ0n) is 27.3. The molecular formula is C36H40N4NiO4. The van der Waals surface area contributed by atoms with Gasteiger partial charge in [-0.3, -0.25) is 9.59 Å². The SMILES string of the molecule is CCC1=C(C)c2cc3[n-]c(cc4[n-]c(cc5nc(cc1n2)C(C)=C5CC)c(C)c4CCC(=O)OC)c(CCC(=O)OC)c3C.[Ni+2]. The number of ether oxygens (including phenoxy) is 2. The van der Waals surface area contributed by atoms with Gasteiger partial charge in [0.2, 0.25) is 0 Å². The number of hydrogen-bond donors (Lipinski definition) is 0. The van der Waals surface area contributed by atoms with Crippen LogP contribution in [-0.2, 0) is 48.4 Å². The fourth-order valence-electron chi connectivity index (χ4n) is 6.25. The van der Waals surface area contributed by atoms with E-state index in [1.54, 1.807) is 0 Å². The van der Waals surface area contributed by atoms with E-state index >= 15 is 0 Å². The van der Waals surface area contributed by atoms with Crippen molar-refractivity contribution in [3.8, 4) is 0 Å². The first-order valence-electron chi connectivity index (χ1n) is 15.3. The molecule has 0 saturated heterocycles. The third-order valence-corrected chi connectivity index (χ3v) is 8.96. The van der Waals surface area contributed by atoms with Crippen LogP contribution in [0.4, 0.5) is 0 Å². The van der Waals surface area contributed by atoms with Gasteiger partial charge in [0.15, 0.2) is 0 Å². The van der Waals surface area contributed by atoms with Crippen molar-refractivity contribution in [3.63, 3.8) is 0 Å². The summed E-state index contributed by atoms with van der Waals surface area (Å²) in [5, 5.41) is 0. The quantitative estimate of drug-likeness (QED) is 0.188. The minimum atomic E-state index is -0.275. The Hall–Kier alpha value is -3.97. The van der Waals surface area contributed by atoms with Gasteiger partial charge in [0, 0.05) is 12.8 Å². The van der Waals surface area contributed by atoms with Crippen LogP contribution >= 0.6 is 0 Å². The van der Waals surface area contributed by atoms with Crippen LogP contribution in [0.3, 0.4) is 0 Å². The number of hydrogen-bond acceptors (Lipinski definition) is 6. The van der Waals surface area contributed by atoms with Crippen LogP contribution in [0.25, 0.3) is 44.4 Å². The second-order valence-electron chi connectivity index (χ2n) is 11.4. The van der Waals surface area contributed by atoms with E-state index in [4.69, 9.17) is 29.4 Å². The van der Waals surface area contributed by atoms with Crippen LogP contribution in [0.1, 0.15) is 98.4 Å². The molecule has 9 heteroatoms. The Kier molecular flexibility index (Phi) is 10.5. The average Bonchev–Trinajstić information content (AvgIpc) is 3.67. The molecule has 0 radical (unpaired) electrons. The molecule has 0 fully saturated rings. The van der Waals surface area contributed by atoms with Crippen LogP contribution in [0.2, 0.25) is 0 Å². The minimum Gasteiger partial charge on any atom is -0.657 e. The van der Waals surface area contributed by atoms with Crippen molar-refractivity contribution in [2.24, 2.45) is 0 Å². The van der Waals surface area contributed by atoms with Gasteiger partial charge in [-0.2, -0.15) is 0 Å². The molecule has 0 aromatic carbocycles. The minimum absolute atomic E-state index is 0. The average molecular weight is 651 g/mol. The van der Waals surface area contributed by atoms with E-state index in [9.17, 15) is 9.59 Å². The number of carbonyl (C=O) groups is 2. The molecule has 0 spiro atoms. The molecular weight excluding hydrogens is 611 g/mol. The summed E-state index contributed by atoms with van der Waals surface area (Å²) in [6.45, 7) is 12.6. The maximum atomic E-state index is 12.2. The Morgan fingerprint density at radius 2 is 1.02 bits per heavy atom. The Balaban J connectivity index is 0.00000461. The van der Waals surface area contributed by atoms with Gasteiger partial charge in [0.25, 0.3) is 0 Å². The van der Waals surface area contributed by atoms with Crippen molar-refractivity contribution >= 4 is 56.3 Å². The fourth-order valence-corrected chi connectivity index (χ4v) is 6.25. The third-order valence-electron chi connectivity index (χ3n) is 8.96. The largest absolute Gasteiger partial charge is 2.00 e. The summed E-state index contributed by atoms with van der Waals surface area (Å²) in [6.07, 6.45) is 3.12. The molecule has 3 aromatic heterocycles. The first-order valence-corrected chi connectivity index (χ1v) is 15.3. The zero-order valence-corrected chi connectivity index (χ0v) is 28.3. The number of aryl methyl sites for hydroxylation is 4. The molecule has 0 saturated carbocycles. The van der Waals surface area contributed by atoms with E-state index in [0.29, 0.717) is 12.8 Å². The van der Waals surface area contributed by atoms with Gasteiger partial charge in [-0.25, -0.2) is 9.97 Å². The van der Waals surface area contributed by atoms with Crippen molar-refractivity contribution < 1.29 is 35.6 Å². The van der Waals surface area contributed by atoms with Crippen LogP contribution in [0.15, 0.2) is 24.3 Å². The van der Waals surface area contributed by atoms with Crippen LogP contribution in [0, 0.1) is 13.8 Å². The normalized spacial score (nSPS) is 12.8. The van der Waals surface area contributed by atoms with Crippen molar-refractivity contribution in [2.45, 2.75) is 80.1 Å². The maximum absolute atomic E-state index is 12.2. The molecule has 5 heterocycles. The van der Waals surface area contributed by atoms with Gasteiger partial charge >= 0.3 is 28.4 Å². The Bertz CT molecular complexity index is 1890. The van der Waals surface area contributed by atoms with Crippen molar-refractivity contribution in [2.75, 3.05) is 14.2 Å². The van der Waals surface area contributed by atoms with Crippen molar-refractivity contribution in [1.29, 1.82) is 0 Å². The Labute approximate surface area is 274 Å². The molecule has 8 bridgehead atoms. The molecule has 0 amide bonds.